The number of nitrogens with one attached hydrogen (secondary N) is 2. The van der Waals surface area contributed by atoms with Crippen molar-refractivity contribution in [1.29, 1.82) is 0 Å². The molecule has 1 aromatic rings. The fraction of sp³-hybridized carbons (Fsp3) is 0.526. The molecule has 0 radical (unpaired) electrons. The highest BCUT2D eigenvalue weighted by Crippen LogP contribution is 2.36. The summed E-state index contributed by atoms with van der Waals surface area (Å²) >= 11 is 5.78. The summed E-state index contributed by atoms with van der Waals surface area (Å²) in [6, 6.07) is 6.57. The molecule has 1 aliphatic rings. The number of halogens is 1. The Labute approximate surface area is 158 Å². The molecule has 26 heavy (non-hydrogen) atoms. The summed E-state index contributed by atoms with van der Waals surface area (Å²) in [7, 11) is 0. The lowest BCUT2D eigenvalue weighted by Crippen LogP contribution is -2.44. The normalized spacial score (nSPS) is 15.9. The topological polar surface area (TPSA) is 95.5 Å². The van der Waals surface area contributed by atoms with Gasteiger partial charge in [0.25, 0.3) is 5.91 Å². The summed E-state index contributed by atoms with van der Waals surface area (Å²) < 4.78 is 0. The molecule has 1 aromatic carbocycles. The first kappa shape index (κ1) is 20.2. The zero-order chi connectivity index (χ0) is 19.0. The van der Waals surface area contributed by atoms with Gasteiger partial charge in [-0.25, -0.2) is 0 Å². The first-order valence-corrected chi connectivity index (χ1v) is 9.35. The number of carbonyl (C=O) groups excluding carboxylic acids is 2. The number of aliphatic carboxylic acids is 1. The minimum atomic E-state index is -0.826. The van der Waals surface area contributed by atoms with Crippen LogP contribution in [0.2, 0.25) is 5.02 Å². The third kappa shape index (κ3) is 5.73. The Bertz CT molecular complexity index is 639. The van der Waals surface area contributed by atoms with Crippen molar-refractivity contribution < 1.29 is 19.5 Å². The number of benzene rings is 1. The van der Waals surface area contributed by atoms with Gasteiger partial charge < -0.3 is 15.7 Å². The molecule has 0 spiro atoms. The van der Waals surface area contributed by atoms with E-state index >= 15 is 0 Å². The van der Waals surface area contributed by atoms with Crippen LogP contribution in [-0.4, -0.2) is 36.0 Å². The van der Waals surface area contributed by atoms with Crippen molar-refractivity contribution in [3.63, 3.8) is 0 Å². The lowest BCUT2D eigenvalue weighted by Gasteiger charge is -2.33. The van der Waals surface area contributed by atoms with Crippen molar-refractivity contribution >= 4 is 29.4 Å². The third-order valence-corrected chi connectivity index (χ3v) is 5.11. The van der Waals surface area contributed by atoms with Gasteiger partial charge in [-0.15, -0.1) is 0 Å². The van der Waals surface area contributed by atoms with Crippen LogP contribution >= 0.6 is 11.6 Å². The molecule has 0 aromatic heterocycles. The summed E-state index contributed by atoms with van der Waals surface area (Å²) in [5, 5.41) is 15.6. The van der Waals surface area contributed by atoms with Crippen LogP contribution in [0.1, 0.15) is 55.3 Å². The van der Waals surface area contributed by atoms with Gasteiger partial charge in [0.2, 0.25) is 5.91 Å². The minimum absolute atomic E-state index is 0.179. The van der Waals surface area contributed by atoms with E-state index in [4.69, 9.17) is 11.6 Å². The predicted molar refractivity (Wildman–Crippen MR) is 99.2 cm³/mol. The molecule has 0 heterocycles. The zero-order valence-corrected chi connectivity index (χ0v) is 15.5. The smallest absolute Gasteiger partial charge is 0.311 e. The highest BCUT2D eigenvalue weighted by atomic mass is 35.5. The molecule has 6 nitrogen and oxygen atoms in total. The molecule has 7 heteroatoms. The van der Waals surface area contributed by atoms with Gasteiger partial charge in [-0.2, -0.15) is 0 Å². The minimum Gasteiger partial charge on any atom is -0.481 e. The van der Waals surface area contributed by atoms with Crippen LogP contribution in [0.15, 0.2) is 24.3 Å². The lowest BCUT2D eigenvalue weighted by atomic mass is 9.74. The molecular weight excluding hydrogens is 356 g/mol. The van der Waals surface area contributed by atoms with E-state index in [0.717, 1.165) is 19.3 Å². The van der Waals surface area contributed by atoms with E-state index in [1.165, 1.54) is 0 Å². The maximum atomic E-state index is 12.0. The number of hydrogen-bond acceptors (Lipinski definition) is 3. The number of amides is 2. The summed E-state index contributed by atoms with van der Waals surface area (Å²) in [6.45, 7) is 0.553. The molecule has 2 rings (SSSR count). The Balaban J connectivity index is 1.67. The maximum Gasteiger partial charge on any atom is 0.311 e. The van der Waals surface area contributed by atoms with Crippen LogP contribution in [0, 0.1) is 5.41 Å². The molecule has 0 saturated heterocycles. The Hall–Kier alpha value is -2.08. The third-order valence-electron chi connectivity index (χ3n) is 4.86. The molecule has 3 N–H and O–H groups in total. The lowest BCUT2D eigenvalue weighted by molar-refractivity contribution is -0.151. The van der Waals surface area contributed by atoms with Crippen LogP contribution in [0.5, 0.6) is 0 Å². The molecule has 2 amide bonds. The van der Waals surface area contributed by atoms with Crippen LogP contribution in [-0.2, 0) is 9.59 Å². The first-order valence-electron chi connectivity index (χ1n) is 8.97. The Kier molecular flexibility index (Phi) is 7.45. The Morgan fingerprint density at radius 3 is 2.31 bits per heavy atom. The van der Waals surface area contributed by atoms with Crippen molar-refractivity contribution in [3.05, 3.63) is 34.9 Å². The largest absolute Gasteiger partial charge is 0.481 e. The van der Waals surface area contributed by atoms with Gasteiger partial charge >= 0.3 is 5.97 Å². The molecule has 1 saturated carbocycles. The van der Waals surface area contributed by atoms with E-state index < -0.39 is 11.4 Å². The van der Waals surface area contributed by atoms with Gasteiger partial charge in [0, 0.05) is 30.1 Å². The second kappa shape index (κ2) is 9.57. The Morgan fingerprint density at radius 2 is 1.69 bits per heavy atom. The molecular formula is C19H25ClN2O4. The van der Waals surface area contributed by atoms with Gasteiger partial charge in [0.15, 0.2) is 0 Å². The van der Waals surface area contributed by atoms with Crippen LogP contribution in [0.3, 0.4) is 0 Å². The molecule has 0 unspecified atom stereocenters. The van der Waals surface area contributed by atoms with E-state index in [9.17, 15) is 19.5 Å². The SMILES string of the molecule is O=C(CCCNC(=O)c1ccc(Cl)cc1)NCC1(C(=O)O)CCCCC1. The van der Waals surface area contributed by atoms with Gasteiger partial charge in [-0.1, -0.05) is 30.9 Å². The fourth-order valence-corrected chi connectivity index (χ4v) is 3.33. The average molecular weight is 381 g/mol. The van der Waals surface area contributed by atoms with Crippen LogP contribution in [0.4, 0.5) is 0 Å². The second-order valence-corrected chi connectivity index (χ2v) is 7.23. The summed E-state index contributed by atoms with van der Waals surface area (Å²) in [4.78, 5) is 35.5. The van der Waals surface area contributed by atoms with E-state index in [1.807, 2.05) is 0 Å². The van der Waals surface area contributed by atoms with Crippen molar-refractivity contribution in [2.45, 2.75) is 44.9 Å². The summed E-state index contributed by atoms with van der Waals surface area (Å²) in [6.07, 6.45) is 4.79. The van der Waals surface area contributed by atoms with Crippen molar-refractivity contribution in [2.24, 2.45) is 5.41 Å². The fourth-order valence-electron chi connectivity index (χ4n) is 3.21. The number of carbonyl (C=O) groups is 3. The summed E-state index contributed by atoms with van der Waals surface area (Å²) in [5.41, 5.74) is -0.309. The number of rotatable bonds is 8. The van der Waals surface area contributed by atoms with Gasteiger partial charge in [0.05, 0.1) is 5.41 Å². The quantitative estimate of drug-likeness (QED) is 0.604. The number of carboxylic acid groups (broad SMARTS) is 1. The number of carboxylic acids is 1. The highest BCUT2D eigenvalue weighted by molar-refractivity contribution is 6.30. The first-order chi connectivity index (χ1) is 12.4. The molecule has 1 fully saturated rings. The van der Waals surface area contributed by atoms with Crippen molar-refractivity contribution in [3.8, 4) is 0 Å². The molecule has 0 aliphatic heterocycles. The van der Waals surface area contributed by atoms with Crippen LogP contribution in [0.25, 0.3) is 0 Å². The van der Waals surface area contributed by atoms with Gasteiger partial charge in [-0.3, -0.25) is 14.4 Å². The van der Waals surface area contributed by atoms with E-state index in [0.29, 0.717) is 36.4 Å². The van der Waals surface area contributed by atoms with Crippen LogP contribution < -0.4 is 10.6 Å². The zero-order valence-electron chi connectivity index (χ0n) is 14.7. The average Bonchev–Trinajstić information content (AvgIpc) is 2.64. The monoisotopic (exact) mass is 380 g/mol. The number of hydrogen-bond donors (Lipinski definition) is 3. The highest BCUT2D eigenvalue weighted by Gasteiger charge is 2.39. The Morgan fingerprint density at radius 1 is 1.04 bits per heavy atom. The predicted octanol–water partition coefficient (Wildman–Crippen LogP) is 3.00. The van der Waals surface area contributed by atoms with Gasteiger partial charge in [0.1, 0.15) is 0 Å². The van der Waals surface area contributed by atoms with Gasteiger partial charge in [-0.05, 0) is 43.5 Å². The molecule has 0 atom stereocenters. The molecule has 1 aliphatic carbocycles. The van der Waals surface area contributed by atoms with Crippen molar-refractivity contribution in [1.82, 2.24) is 10.6 Å². The maximum absolute atomic E-state index is 12.0. The summed E-state index contributed by atoms with van der Waals surface area (Å²) in [5.74, 6) is -1.22. The molecule has 0 bridgehead atoms. The van der Waals surface area contributed by atoms with Crippen molar-refractivity contribution in [2.75, 3.05) is 13.1 Å². The molecule has 142 valence electrons. The second-order valence-electron chi connectivity index (χ2n) is 6.79. The van der Waals surface area contributed by atoms with E-state index in [1.54, 1.807) is 24.3 Å². The standard InChI is InChI=1S/C19H25ClN2O4/c20-15-8-6-14(7-9-15)17(24)21-12-4-5-16(23)22-13-19(18(25)26)10-2-1-3-11-19/h6-9H,1-5,10-13H2,(H,21,24)(H,22,23)(H,25,26). The van der Waals surface area contributed by atoms with E-state index in [2.05, 4.69) is 10.6 Å². The van der Waals surface area contributed by atoms with E-state index in [-0.39, 0.29) is 24.8 Å².